The molecule has 0 aromatic rings. The highest BCUT2D eigenvalue weighted by molar-refractivity contribution is 4.89. The smallest absolute Gasteiger partial charge is 0.0830 e. The normalized spacial score (nSPS) is 21.2. The zero-order chi connectivity index (χ0) is 11.9. The maximum absolute atomic E-state index is 6.10. The van der Waals surface area contributed by atoms with Gasteiger partial charge in [0.1, 0.15) is 0 Å². The van der Waals surface area contributed by atoms with Crippen LogP contribution < -0.4 is 5.32 Å². The van der Waals surface area contributed by atoms with Gasteiger partial charge in [-0.15, -0.1) is 0 Å². The van der Waals surface area contributed by atoms with Gasteiger partial charge < -0.3 is 15.0 Å². The fourth-order valence-electron chi connectivity index (χ4n) is 2.51. The number of piperidine rings is 1. The molecule has 1 rings (SSSR count). The average Bonchev–Trinajstić information content (AvgIpc) is 2.30. The molecule has 0 atom stereocenters. The zero-order valence-electron chi connectivity index (χ0n) is 11.2. The molecule has 3 nitrogen and oxygen atoms in total. The van der Waals surface area contributed by atoms with Gasteiger partial charge in [-0.2, -0.15) is 0 Å². The van der Waals surface area contributed by atoms with Gasteiger partial charge in [-0.1, -0.05) is 13.8 Å². The van der Waals surface area contributed by atoms with Gasteiger partial charge >= 0.3 is 0 Å². The number of hydrogen-bond donors (Lipinski definition) is 1. The maximum atomic E-state index is 6.10. The van der Waals surface area contributed by atoms with E-state index in [1.54, 1.807) is 0 Å². The van der Waals surface area contributed by atoms with Crippen LogP contribution in [0.4, 0.5) is 0 Å². The predicted molar refractivity (Wildman–Crippen MR) is 68.9 cm³/mol. The van der Waals surface area contributed by atoms with Gasteiger partial charge in [0.15, 0.2) is 0 Å². The molecule has 1 fully saturated rings. The molecule has 0 amide bonds. The Hall–Kier alpha value is -0.120. The van der Waals surface area contributed by atoms with Gasteiger partial charge in [0, 0.05) is 26.2 Å². The Kier molecular flexibility index (Phi) is 6.32. The Morgan fingerprint density at radius 2 is 1.88 bits per heavy atom. The molecular weight excluding hydrogens is 200 g/mol. The summed E-state index contributed by atoms with van der Waals surface area (Å²) < 4.78 is 6.10. The third kappa shape index (κ3) is 4.04. The SMILES string of the molecule is CCCOC1(CNC)CCN(CCC)CC1. The minimum atomic E-state index is 0.106. The lowest BCUT2D eigenvalue weighted by molar-refractivity contribution is -0.0810. The van der Waals surface area contributed by atoms with E-state index in [9.17, 15) is 0 Å². The molecule has 1 heterocycles. The van der Waals surface area contributed by atoms with E-state index in [1.165, 1.54) is 38.9 Å². The Balaban J connectivity index is 2.41. The summed E-state index contributed by atoms with van der Waals surface area (Å²) in [6, 6.07) is 0. The summed E-state index contributed by atoms with van der Waals surface area (Å²) in [5, 5.41) is 3.29. The van der Waals surface area contributed by atoms with E-state index < -0.39 is 0 Å². The molecule has 0 spiro atoms. The summed E-state index contributed by atoms with van der Waals surface area (Å²) >= 11 is 0. The van der Waals surface area contributed by atoms with E-state index in [1.807, 2.05) is 7.05 Å². The molecule has 0 saturated carbocycles. The first kappa shape index (κ1) is 13.9. The molecule has 3 heteroatoms. The molecule has 0 bridgehead atoms. The summed E-state index contributed by atoms with van der Waals surface area (Å²) in [6.45, 7) is 9.95. The second-order valence-corrected chi connectivity index (χ2v) is 4.90. The van der Waals surface area contributed by atoms with E-state index in [0.29, 0.717) is 0 Å². The van der Waals surface area contributed by atoms with Gasteiger partial charge in [-0.25, -0.2) is 0 Å². The number of nitrogens with one attached hydrogen (secondary N) is 1. The maximum Gasteiger partial charge on any atom is 0.0830 e. The average molecular weight is 228 g/mol. The highest BCUT2D eigenvalue weighted by Gasteiger charge is 2.34. The van der Waals surface area contributed by atoms with E-state index >= 15 is 0 Å². The van der Waals surface area contributed by atoms with Crippen LogP contribution >= 0.6 is 0 Å². The Morgan fingerprint density at radius 3 is 2.38 bits per heavy atom. The quantitative estimate of drug-likeness (QED) is 0.720. The summed E-state index contributed by atoms with van der Waals surface area (Å²) in [5.41, 5.74) is 0.106. The number of nitrogens with zero attached hydrogens (tertiary/aromatic N) is 1. The molecule has 96 valence electrons. The lowest BCUT2D eigenvalue weighted by atomic mass is 9.90. The summed E-state index contributed by atoms with van der Waals surface area (Å²) in [4.78, 5) is 2.56. The van der Waals surface area contributed by atoms with Crippen LogP contribution in [0.2, 0.25) is 0 Å². The molecule has 0 radical (unpaired) electrons. The summed E-state index contributed by atoms with van der Waals surface area (Å²) in [7, 11) is 2.02. The van der Waals surface area contributed by atoms with Gasteiger partial charge in [-0.3, -0.25) is 0 Å². The van der Waals surface area contributed by atoms with Crippen molar-refractivity contribution >= 4 is 0 Å². The van der Waals surface area contributed by atoms with Crippen LogP contribution in [0, 0.1) is 0 Å². The lowest BCUT2D eigenvalue weighted by Gasteiger charge is -2.41. The van der Waals surface area contributed by atoms with Gasteiger partial charge in [-0.05, 0) is 39.3 Å². The highest BCUT2D eigenvalue weighted by atomic mass is 16.5. The second kappa shape index (κ2) is 7.25. The molecular formula is C13H28N2O. The van der Waals surface area contributed by atoms with E-state index in [2.05, 4.69) is 24.1 Å². The fourth-order valence-corrected chi connectivity index (χ4v) is 2.51. The molecule has 1 saturated heterocycles. The highest BCUT2D eigenvalue weighted by Crippen LogP contribution is 2.26. The predicted octanol–water partition coefficient (Wildman–Crippen LogP) is 1.88. The minimum Gasteiger partial charge on any atom is -0.374 e. The third-order valence-corrected chi connectivity index (χ3v) is 3.42. The van der Waals surface area contributed by atoms with Gasteiger partial charge in [0.25, 0.3) is 0 Å². The van der Waals surface area contributed by atoms with E-state index in [-0.39, 0.29) is 5.60 Å². The van der Waals surface area contributed by atoms with Crippen LogP contribution in [-0.2, 0) is 4.74 Å². The van der Waals surface area contributed by atoms with Crippen molar-refractivity contribution in [2.45, 2.75) is 45.1 Å². The van der Waals surface area contributed by atoms with Crippen molar-refractivity contribution in [1.82, 2.24) is 10.2 Å². The van der Waals surface area contributed by atoms with Crippen molar-refractivity contribution in [3.8, 4) is 0 Å². The third-order valence-electron chi connectivity index (χ3n) is 3.42. The van der Waals surface area contributed by atoms with Crippen LogP contribution in [0.1, 0.15) is 39.5 Å². The number of likely N-dealkylation sites (N-methyl/N-ethyl adjacent to an activating group) is 1. The number of hydrogen-bond acceptors (Lipinski definition) is 3. The van der Waals surface area contributed by atoms with Crippen molar-refractivity contribution in [1.29, 1.82) is 0 Å². The molecule has 1 N–H and O–H groups in total. The lowest BCUT2D eigenvalue weighted by Crippen LogP contribution is -2.51. The Morgan fingerprint density at radius 1 is 1.19 bits per heavy atom. The molecule has 16 heavy (non-hydrogen) atoms. The summed E-state index contributed by atoms with van der Waals surface area (Å²) in [5.74, 6) is 0. The van der Waals surface area contributed by atoms with E-state index in [0.717, 1.165) is 19.6 Å². The summed E-state index contributed by atoms with van der Waals surface area (Å²) in [6.07, 6.45) is 4.72. The zero-order valence-corrected chi connectivity index (χ0v) is 11.2. The largest absolute Gasteiger partial charge is 0.374 e. The minimum absolute atomic E-state index is 0.106. The van der Waals surface area contributed by atoms with Crippen molar-refractivity contribution in [2.75, 3.05) is 39.8 Å². The van der Waals surface area contributed by atoms with Crippen LogP contribution in [0.3, 0.4) is 0 Å². The van der Waals surface area contributed by atoms with E-state index in [4.69, 9.17) is 4.74 Å². The monoisotopic (exact) mass is 228 g/mol. The van der Waals surface area contributed by atoms with Crippen LogP contribution in [-0.4, -0.2) is 50.3 Å². The van der Waals surface area contributed by atoms with Crippen molar-refractivity contribution in [3.05, 3.63) is 0 Å². The Bertz CT molecular complexity index is 177. The first-order valence-corrected chi connectivity index (χ1v) is 6.77. The van der Waals surface area contributed by atoms with Gasteiger partial charge in [0.05, 0.1) is 5.60 Å². The van der Waals surface area contributed by atoms with Crippen LogP contribution in [0.25, 0.3) is 0 Å². The molecule has 1 aliphatic heterocycles. The van der Waals surface area contributed by atoms with Crippen molar-refractivity contribution < 1.29 is 4.74 Å². The molecule has 1 aliphatic rings. The number of rotatable bonds is 7. The molecule has 0 aromatic heterocycles. The number of likely N-dealkylation sites (tertiary alicyclic amines) is 1. The van der Waals surface area contributed by atoms with Crippen LogP contribution in [0.5, 0.6) is 0 Å². The van der Waals surface area contributed by atoms with Crippen molar-refractivity contribution in [2.24, 2.45) is 0 Å². The van der Waals surface area contributed by atoms with Crippen molar-refractivity contribution in [3.63, 3.8) is 0 Å². The second-order valence-electron chi connectivity index (χ2n) is 4.90. The molecule has 0 aliphatic carbocycles. The number of ether oxygens (including phenoxy) is 1. The molecule has 0 aromatic carbocycles. The fraction of sp³-hybridized carbons (Fsp3) is 1.00. The first-order chi connectivity index (χ1) is 7.76. The van der Waals surface area contributed by atoms with Gasteiger partial charge in [0.2, 0.25) is 0 Å². The Labute approximate surface area is 101 Å². The van der Waals surface area contributed by atoms with Crippen LogP contribution in [0.15, 0.2) is 0 Å². The topological polar surface area (TPSA) is 24.5 Å². The molecule has 0 unspecified atom stereocenters. The standard InChI is InChI=1S/C13H28N2O/c1-4-8-15-9-6-13(7-10-15,12-14-3)16-11-5-2/h14H,4-12H2,1-3H3. The first-order valence-electron chi connectivity index (χ1n) is 6.77.